The van der Waals surface area contributed by atoms with Crippen molar-refractivity contribution in [2.24, 2.45) is 0 Å². The first-order valence-corrected chi connectivity index (χ1v) is 6.48. The third kappa shape index (κ3) is 2.37. The summed E-state index contributed by atoms with van der Waals surface area (Å²) in [4.78, 5) is 4.39. The van der Waals surface area contributed by atoms with Crippen molar-refractivity contribution in [2.75, 3.05) is 5.73 Å². The molecular weight excluding hydrogens is 306 g/mol. The second kappa shape index (κ2) is 4.85. The molecule has 0 aliphatic heterocycles. The summed E-state index contributed by atoms with van der Waals surface area (Å²) in [5.41, 5.74) is 8.11. The molecule has 0 saturated carbocycles. The number of rotatable bonds is 2. The standard InChI is InChI=1S/C14H10BrN3O/c15-12-7-2-1-6-11(12)13-17-14(19-18-13)9-4-3-5-10(16)8-9/h1-8H,16H2. The summed E-state index contributed by atoms with van der Waals surface area (Å²) >= 11 is 3.47. The van der Waals surface area contributed by atoms with Crippen molar-refractivity contribution >= 4 is 21.6 Å². The Hall–Kier alpha value is -2.14. The molecule has 0 saturated heterocycles. The molecule has 5 heteroatoms. The van der Waals surface area contributed by atoms with E-state index in [1.165, 1.54) is 0 Å². The van der Waals surface area contributed by atoms with Gasteiger partial charge < -0.3 is 10.3 Å². The molecule has 3 aromatic rings. The Labute approximate surface area is 118 Å². The lowest BCUT2D eigenvalue weighted by molar-refractivity contribution is 0.432. The van der Waals surface area contributed by atoms with Gasteiger partial charge in [0.15, 0.2) is 0 Å². The monoisotopic (exact) mass is 315 g/mol. The predicted molar refractivity (Wildman–Crippen MR) is 77.3 cm³/mol. The molecule has 0 fully saturated rings. The average molecular weight is 316 g/mol. The number of benzene rings is 2. The van der Waals surface area contributed by atoms with Crippen LogP contribution in [0.5, 0.6) is 0 Å². The van der Waals surface area contributed by atoms with E-state index in [0.29, 0.717) is 17.4 Å². The topological polar surface area (TPSA) is 64.9 Å². The predicted octanol–water partition coefficient (Wildman–Crippen LogP) is 3.75. The molecule has 1 aromatic heterocycles. The fourth-order valence-electron chi connectivity index (χ4n) is 1.76. The highest BCUT2D eigenvalue weighted by Gasteiger charge is 2.12. The van der Waals surface area contributed by atoms with Gasteiger partial charge in [-0.15, -0.1) is 0 Å². The SMILES string of the molecule is Nc1cccc(-c2nc(-c3ccccc3Br)no2)c1. The summed E-state index contributed by atoms with van der Waals surface area (Å²) in [6.45, 7) is 0. The summed E-state index contributed by atoms with van der Waals surface area (Å²) in [5.74, 6) is 1.00. The first-order valence-electron chi connectivity index (χ1n) is 5.68. The first kappa shape index (κ1) is 11.9. The van der Waals surface area contributed by atoms with Gasteiger partial charge >= 0.3 is 0 Å². The Bertz CT molecular complexity index is 724. The molecule has 2 aromatic carbocycles. The minimum Gasteiger partial charge on any atom is -0.399 e. The van der Waals surface area contributed by atoms with E-state index >= 15 is 0 Å². The van der Waals surface area contributed by atoms with Crippen LogP contribution in [-0.4, -0.2) is 10.1 Å². The lowest BCUT2D eigenvalue weighted by Crippen LogP contribution is -1.85. The summed E-state index contributed by atoms with van der Waals surface area (Å²) in [6, 6.07) is 15.1. The summed E-state index contributed by atoms with van der Waals surface area (Å²) < 4.78 is 6.20. The number of hydrogen-bond acceptors (Lipinski definition) is 4. The Morgan fingerprint density at radius 3 is 2.68 bits per heavy atom. The molecule has 0 amide bonds. The van der Waals surface area contributed by atoms with Gasteiger partial charge in [-0.25, -0.2) is 0 Å². The van der Waals surface area contributed by atoms with Crippen molar-refractivity contribution in [3.63, 3.8) is 0 Å². The minimum absolute atomic E-state index is 0.457. The molecule has 2 N–H and O–H groups in total. The van der Waals surface area contributed by atoms with Crippen LogP contribution in [0.4, 0.5) is 5.69 Å². The van der Waals surface area contributed by atoms with Crippen molar-refractivity contribution in [1.82, 2.24) is 10.1 Å². The average Bonchev–Trinajstić information content (AvgIpc) is 2.89. The van der Waals surface area contributed by atoms with Gasteiger partial charge in [0.2, 0.25) is 5.82 Å². The van der Waals surface area contributed by atoms with Crippen molar-refractivity contribution in [1.29, 1.82) is 0 Å². The summed E-state index contributed by atoms with van der Waals surface area (Å²) in [6.07, 6.45) is 0. The molecule has 4 nitrogen and oxygen atoms in total. The zero-order valence-electron chi connectivity index (χ0n) is 9.88. The van der Waals surface area contributed by atoms with Crippen molar-refractivity contribution in [2.45, 2.75) is 0 Å². The number of nitrogens with zero attached hydrogens (tertiary/aromatic N) is 2. The van der Waals surface area contributed by atoms with Gasteiger partial charge in [-0.1, -0.05) is 39.3 Å². The van der Waals surface area contributed by atoms with Crippen LogP contribution in [0.3, 0.4) is 0 Å². The minimum atomic E-state index is 0.457. The maximum Gasteiger partial charge on any atom is 0.258 e. The zero-order valence-corrected chi connectivity index (χ0v) is 11.5. The highest BCUT2D eigenvalue weighted by Crippen LogP contribution is 2.28. The van der Waals surface area contributed by atoms with E-state index < -0.39 is 0 Å². The lowest BCUT2D eigenvalue weighted by atomic mass is 10.2. The largest absolute Gasteiger partial charge is 0.399 e. The van der Waals surface area contributed by atoms with E-state index in [1.807, 2.05) is 42.5 Å². The maximum atomic E-state index is 5.74. The van der Waals surface area contributed by atoms with Crippen LogP contribution in [0.25, 0.3) is 22.8 Å². The Kier molecular flexibility index (Phi) is 3.05. The highest BCUT2D eigenvalue weighted by molar-refractivity contribution is 9.10. The highest BCUT2D eigenvalue weighted by atomic mass is 79.9. The fourth-order valence-corrected chi connectivity index (χ4v) is 2.23. The van der Waals surface area contributed by atoms with E-state index in [4.69, 9.17) is 10.3 Å². The van der Waals surface area contributed by atoms with Gasteiger partial charge in [-0.3, -0.25) is 0 Å². The van der Waals surface area contributed by atoms with Crippen LogP contribution in [0.2, 0.25) is 0 Å². The molecular formula is C14H10BrN3O. The third-order valence-electron chi connectivity index (χ3n) is 2.67. The normalized spacial score (nSPS) is 10.6. The van der Waals surface area contributed by atoms with Gasteiger partial charge in [-0.2, -0.15) is 4.98 Å². The summed E-state index contributed by atoms with van der Waals surface area (Å²) in [7, 11) is 0. The van der Waals surface area contributed by atoms with Crippen molar-refractivity contribution < 1.29 is 4.52 Å². The van der Waals surface area contributed by atoms with Gasteiger partial charge in [0.25, 0.3) is 5.89 Å². The number of aromatic nitrogens is 2. The lowest BCUT2D eigenvalue weighted by Gasteiger charge is -1.97. The Balaban J connectivity index is 2.03. The van der Waals surface area contributed by atoms with Gasteiger partial charge in [0.1, 0.15) is 0 Å². The van der Waals surface area contributed by atoms with Gasteiger partial charge in [0.05, 0.1) is 0 Å². The number of nitrogens with two attached hydrogens (primary N) is 1. The number of nitrogen functional groups attached to an aromatic ring is 1. The Morgan fingerprint density at radius 2 is 1.89 bits per heavy atom. The molecule has 0 atom stereocenters. The Morgan fingerprint density at radius 1 is 1.05 bits per heavy atom. The molecule has 3 rings (SSSR count). The first-order chi connectivity index (χ1) is 9.24. The van der Waals surface area contributed by atoms with Gasteiger partial charge in [-0.05, 0) is 30.3 Å². The molecule has 0 aliphatic carbocycles. The number of hydrogen-bond donors (Lipinski definition) is 1. The molecule has 0 bridgehead atoms. The summed E-state index contributed by atoms with van der Waals surface area (Å²) in [5, 5.41) is 4.00. The van der Waals surface area contributed by atoms with Crippen LogP contribution in [0.15, 0.2) is 57.5 Å². The van der Waals surface area contributed by atoms with Crippen LogP contribution >= 0.6 is 15.9 Å². The van der Waals surface area contributed by atoms with Crippen molar-refractivity contribution in [3.8, 4) is 22.8 Å². The van der Waals surface area contributed by atoms with Crippen LogP contribution in [0.1, 0.15) is 0 Å². The number of halogens is 1. The fraction of sp³-hybridized carbons (Fsp3) is 0. The van der Waals surface area contributed by atoms with E-state index in [1.54, 1.807) is 6.07 Å². The maximum absolute atomic E-state index is 5.74. The molecule has 0 spiro atoms. The van der Waals surface area contributed by atoms with Crippen LogP contribution in [-0.2, 0) is 0 Å². The van der Waals surface area contributed by atoms with E-state index in [-0.39, 0.29) is 0 Å². The molecule has 0 unspecified atom stereocenters. The van der Waals surface area contributed by atoms with E-state index in [0.717, 1.165) is 15.6 Å². The third-order valence-corrected chi connectivity index (χ3v) is 3.37. The second-order valence-electron chi connectivity index (χ2n) is 4.03. The van der Waals surface area contributed by atoms with Gasteiger partial charge in [0, 0.05) is 21.3 Å². The number of anilines is 1. The molecule has 19 heavy (non-hydrogen) atoms. The molecule has 1 heterocycles. The molecule has 0 radical (unpaired) electrons. The van der Waals surface area contributed by atoms with E-state index in [9.17, 15) is 0 Å². The van der Waals surface area contributed by atoms with Crippen LogP contribution < -0.4 is 5.73 Å². The van der Waals surface area contributed by atoms with Crippen LogP contribution in [0, 0.1) is 0 Å². The molecule has 94 valence electrons. The second-order valence-corrected chi connectivity index (χ2v) is 4.88. The van der Waals surface area contributed by atoms with Crippen molar-refractivity contribution in [3.05, 3.63) is 53.0 Å². The smallest absolute Gasteiger partial charge is 0.258 e. The zero-order chi connectivity index (χ0) is 13.2. The quantitative estimate of drug-likeness (QED) is 0.731. The molecule has 0 aliphatic rings. The van der Waals surface area contributed by atoms with E-state index in [2.05, 4.69) is 26.1 Å².